The van der Waals surface area contributed by atoms with E-state index in [-0.39, 0.29) is 18.0 Å². The molecule has 2 rings (SSSR count). The zero-order valence-corrected chi connectivity index (χ0v) is 20.1. The molecule has 174 valence electrons. The van der Waals surface area contributed by atoms with E-state index >= 15 is 0 Å². The largest absolute Gasteiger partial charge is 0.461 e. The van der Waals surface area contributed by atoms with Gasteiger partial charge in [-0.1, -0.05) is 57.0 Å². The topological polar surface area (TPSA) is 64.6 Å². The summed E-state index contributed by atoms with van der Waals surface area (Å²) in [6.45, 7) is 11.9. The second-order valence-electron chi connectivity index (χ2n) is 10.4. The van der Waals surface area contributed by atoms with Crippen molar-refractivity contribution < 1.29 is 19.1 Å². The first-order valence-electron chi connectivity index (χ1n) is 11.8. The molecule has 0 aliphatic carbocycles. The zero-order chi connectivity index (χ0) is 23.0. The van der Waals surface area contributed by atoms with E-state index in [1.54, 1.807) is 0 Å². The van der Waals surface area contributed by atoms with Crippen molar-refractivity contribution in [1.29, 1.82) is 0 Å². The van der Waals surface area contributed by atoms with Gasteiger partial charge in [-0.3, -0.25) is 0 Å². The summed E-state index contributed by atoms with van der Waals surface area (Å²) < 4.78 is 11.3. The van der Waals surface area contributed by atoms with Gasteiger partial charge in [0.05, 0.1) is 0 Å². The standard InChI is InChI=1S/C26H41NO4/c1-18(2)15-16-21-13-10-14-23(27-25(29)31-26(4,5)6)24(28)30-19(3)22(21)17-20-11-8-7-9-12-20/h7-9,11-12,18-19,21-23H,10,13-17H2,1-6H3,(H,27,29). The molecule has 0 radical (unpaired) electrons. The normalized spacial score (nSPS) is 25.2. The van der Waals surface area contributed by atoms with Crippen LogP contribution in [0.2, 0.25) is 0 Å². The molecule has 1 heterocycles. The van der Waals surface area contributed by atoms with Crippen LogP contribution in [0.15, 0.2) is 30.3 Å². The average Bonchev–Trinajstić information content (AvgIpc) is 2.71. The number of alkyl carbamates (subject to hydrolysis) is 1. The maximum absolute atomic E-state index is 12.9. The monoisotopic (exact) mass is 431 g/mol. The summed E-state index contributed by atoms with van der Waals surface area (Å²) in [5, 5.41) is 2.74. The Morgan fingerprint density at radius 2 is 1.87 bits per heavy atom. The lowest BCUT2D eigenvalue weighted by atomic mass is 9.77. The molecule has 31 heavy (non-hydrogen) atoms. The molecule has 5 heteroatoms. The molecule has 4 unspecified atom stereocenters. The Kier molecular flexibility index (Phi) is 9.39. The maximum Gasteiger partial charge on any atom is 0.408 e. The molecule has 0 saturated carbocycles. The summed E-state index contributed by atoms with van der Waals surface area (Å²) in [5.41, 5.74) is 0.662. The van der Waals surface area contributed by atoms with Crippen molar-refractivity contribution in [2.75, 3.05) is 0 Å². The first-order valence-corrected chi connectivity index (χ1v) is 11.8. The van der Waals surface area contributed by atoms with Gasteiger partial charge in [0.15, 0.2) is 0 Å². The maximum atomic E-state index is 12.9. The van der Waals surface area contributed by atoms with E-state index in [0.717, 1.165) is 32.1 Å². The third-order valence-electron chi connectivity index (χ3n) is 5.98. The van der Waals surface area contributed by atoms with Gasteiger partial charge < -0.3 is 14.8 Å². The summed E-state index contributed by atoms with van der Waals surface area (Å²) in [7, 11) is 0. The lowest BCUT2D eigenvalue weighted by molar-refractivity contribution is -0.154. The predicted molar refractivity (Wildman–Crippen MR) is 124 cm³/mol. The smallest absolute Gasteiger partial charge is 0.408 e. The van der Waals surface area contributed by atoms with E-state index in [0.29, 0.717) is 18.3 Å². The van der Waals surface area contributed by atoms with Crippen LogP contribution in [0.4, 0.5) is 4.79 Å². The van der Waals surface area contributed by atoms with Gasteiger partial charge in [-0.15, -0.1) is 0 Å². The fraction of sp³-hybridized carbons (Fsp3) is 0.692. The van der Waals surface area contributed by atoms with Crippen molar-refractivity contribution in [2.45, 2.75) is 97.8 Å². The molecule has 1 saturated heterocycles. The molecular formula is C26H41NO4. The fourth-order valence-electron chi connectivity index (χ4n) is 4.36. The van der Waals surface area contributed by atoms with Crippen molar-refractivity contribution in [3.63, 3.8) is 0 Å². The molecule has 0 bridgehead atoms. The van der Waals surface area contributed by atoms with Crippen molar-refractivity contribution >= 4 is 12.1 Å². The Morgan fingerprint density at radius 1 is 1.19 bits per heavy atom. The number of amides is 1. The number of hydrogen-bond acceptors (Lipinski definition) is 4. The minimum atomic E-state index is -0.668. The van der Waals surface area contributed by atoms with Crippen LogP contribution in [0, 0.1) is 17.8 Å². The fourth-order valence-corrected chi connectivity index (χ4v) is 4.36. The molecule has 1 aliphatic heterocycles. The van der Waals surface area contributed by atoms with Gasteiger partial charge in [0.2, 0.25) is 0 Å². The van der Waals surface area contributed by atoms with Crippen LogP contribution in [0.5, 0.6) is 0 Å². The highest BCUT2D eigenvalue weighted by atomic mass is 16.6. The molecule has 1 aliphatic rings. The van der Waals surface area contributed by atoms with E-state index in [2.05, 4.69) is 43.4 Å². The molecule has 0 aromatic heterocycles. The lowest BCUT2D eigenvalue weighted by Crippen LogP contribution is -2.45. The Labute approximate surface area is 188 Å². The summed E-state index contributed by atoms with van der Waals surface area (Å²) in [4.78, 5) is 25.2. The van der Waals surface area contributed by atoms with Crippen molar-refractivity contribution in [2.24, 2.45) is 17.8 Å². The molecule has 1 aromatic rings. The van der Waals surface area contributed by atoms with Gasteiger partial charge in [-0.25, -0.2) is 9.59 Å². The number of esters is 1. The van der Waals surface area contributed by atoms with Crippen LogP contribution in [0.1, 0.15) is 79.2 Å². The highest BCUT2D eigenvalue weighted by Crippen LogP contribution is 2.33. The first kappa shape index (κ1) is 25.2. The Balaban J connectivity index is 2.16. The number of benzene rings is 1. The number of carbonyl (C=O) groups is 2. The Hall–Kier alpha value is -2.04. The molecule has 0 spiro atoms. The predicted octanol–water partition coefficient (Wildman–Crippen LogP) is 5.91. The highest BCUT2D eigenvalue weighted by Gasteiger charge is 2.34. The van der Waals surface area contributed by atoms with E-state index in [4.69, 9.17) is 9.47 Å². The Morgan fingerprint density at radius 3 is 2.48 bits per heavy atom. The molecule has 5 nitrogen and oxygen atoms in total. The molecule has 4 atom stereocenters. The van der Waals surface area contributed by atoms with Gasteiger partial charge in [0.25, 0.3) is 0 Å². The van der Waals surface area contributed by atoms with Crippen molar-refractivity contribution in [3.05, 3.63) is 35.9 Å². The third kappa shape index (κ3) is 8.92. The lowest BCUT2D eigenvalue weighted by Gasteiger charge is -2.32. The molecule has 1 N–H and O–H groups in total. The highest BCUT2D eigenvalue weighted by molar-refractivity contribution is 5.81. The number of cyclic esters (lactones) is 1. The van der Waals surface area contributed by atoms with Gasteiger partial charge in [0, 0.05) is 5.92 Å². The van der Waals surface area contributed by atoms with Gasteiger partial charge in [-0.2, -0.15) is 0 Å². The van der Waals surface area contributed by atoms with Crippen LogP contribution >= 0.6 is 0 Å². The zero-order valence-electron chi connectivity index (χ0n) is 20.1. The summed E-state index contributed by atoms with van der Waals surface area (Å²) in [6.07, 6.45) is 4.86. The SMILES string of the molecule is CC(C)CCC1CCCC(NC(=O)OC(C)(C)C)C(=O)OC(C)C1Cc1ccccc1. The van der Waals surface area contributed by atoms with Crippen LogP contribution in [-0.2, 0) is 20.7 Å². The van der Waals surface area contributed by atoms with Gasteiger partial charge in [0.1, 0.15) is 17.7 Å². The van der Waals surface area contributed by atoms with Crippen molar-refractivity contribution in [1.82, 2.24) is 5.32 Å². The number of hydrogen-bond donors (Lipinski definition) is 1. The molecule has 1 amide bonds. The number of ether oxygens (including phenoxy) is 2. The van der Waals surface area contributed by atoms with E-state index in [9.17, 15) is 9.59 Å². The minimum Gasteiger partial charge on any atom is -0.461 e. The quantitative estimate of drug-likeness (QED) is 0.569. The summed E-state index contributed by atoms with van der Waals surface area (Å²) in [6, 6.07) is 9.77. The van der Waals surface area contributed by atoms with E-state index in [1.807, 2.05) is 33.8 Å². The van der Waals surface area contributed by atoms with Crippen LogP contribution < -0.4 is 5.32 Å². The molecular weight excluding hydrogens is 390 g/mol. The molecule has 1 fully saturated rings. The third-order valence-corrected chi connectivity index (χ3v) is 5.98. The van der Waals surface area contributed by atoms with E-state index < -0.39 is 17.7 Å². The Bertz CT molecular complexity index is 695. The second kappa shape index (κ2) is 11.5. The van der Waals surface area contributed by atoms with Gasteiger partial charge in [-0.05, 0) is 70.8 Å². The summed E-state index contributed by atoms with van der Waals surface area (Å²) in [5.74, 6) is 1.02. The van der Waals surface area contributed by atoms with E-state index in [1.165, 1.54) is 5.56 Å². The van der Waals surface area contributed by atoms with Crippen LogP contribution in [0.3, 0.4) is 0 Å². The van der Waals surface area contributed by atoms with Crippen LogP contribution in [-0.4, -0.2) is 29.8 Å². The first-order chi connectivity index (χ1) is 14.5. The number of nitrogens with one attached hydrogen (secondary N) is 1. The number of carbonyl (C=O) groups excluding carboxylic acids is 2. The summed E-state index contributed by atoms with van der Waals surface area (Å²) >= 11 is 0. The molecule has 1 aromatic carbocycles. The minimum absolute atomic E-state index is 0.217. The average molecular weight is 432 g/mol. The second-order valence-corrected chi connectivity index (χ2v) is 10.4. The van der Waals surface area contributed by atoms with Crippen molar-refractivity contribution in [3.8, 4) is 0 Å². The number of rotatable bonds is 6. The van der Waals surface area contributed by atoms with Crippen LogP contribution in [0.25, 0.3) is 0 Å². The van der Waals surface area contributed by atoms with Gasteiger partial charge >= 0.3 is 12.1 Å².